The Morgan fingerprint density at radius 3 is 2.86 bits per heavy atom. The lowest BCUT2D eigenvalue weighted by Gasteiger charge is -2.02. The molecule has 0 aliphatic carbocycles. The molecule has 22 heavy (non-hydrogen) atoms. The van der Waals surface area contributed by atoms with Gasteiger partial charge in [-0.3, -0.25) is 9.48 Å². The Balaban J connectivity index is 1.60. The zero-order chi connectivity index (χ0) is 15.4. The van der Waals surface area contributed by atoms with Gasteiger partial charge in [-0.1, -0.05) is 5.16 Å². The molecule has 0 aliphatic heterocycles. The summed E-state index contributed by atoms with van der Waals surface area (Å²) in [5.74, 6) is -0.249. The van der Waals surface area contributed by atoms with Gasteiger partial charge in [0.2, 0.25) is 0 Å². The summed E-state index contributed by atoms with van der Waals surface area (Å²) in [6.07, 6.45) is 3.49. The molecule has 2 aromatic heterocycles. The van der Waals surface area contributed by atoms with Crippen molar-refractivity contribution in [1.29, 1.82) is 0 Å². The van der Waals surface area contributed by atoms with Crippen molar-refractivity contribution in [1.82, 2.24) is 20.3 Å². The third kappa shape index (κ3) is 3.20. The summed E-state index contributed by atoms with van der Waals surface area (Å²) >= 11 is 0. The molecule has 0 fully saturated rings. The fraction of sp³-hybridized carbons (Fsp3) is 0.133. The fourth-order valence-corrected chi connectivity index (χ4v) is 1.94. The zero-order valence-electron chi connectivity index (χ0n) is 11.6. The molecular weight excluding hydrogens is 287 g/mol. The Morgan fingerprint density at radius 1 is 1.32 bits per heavy atom. The molecule has 1 amide bonds. The van der Waals surface area contributed by atoms with Crippen molar-refractivity contribution in [2.45, 2.75) is 6.54 Å². The van der Waals surface area contributed by atoms with Crippen LogP contribution >= 0.6 is 0 Å². The van der Waals surface area contributed by atoms with Crippen molar-refractivity contribution >= 4 is 5.91 Å². The van der Waals surface area contributed by atoms with Gasteiger partial charge in [-0.05, 0) is 30.3 Å². The largest absolute Gasteiger partial charge is 0.355 e. The number of amides is 1. The smallest absolute Gasteiger partial charge is 0.273 e. The van der Waals surface area contributed by atoms with Crippen LogP contribution in [-0.4, -0.2) is 27.4 Å². The summed E-state index contributed by atoms with van der Waals surface area (Å²) < 4.78 is 19.7. The monoisotopic (exact) mass is 300 g/mol. The highest BCUT2D eigenvalue weighted by molar-refractivity contribution is 5.93. The second-order valence-electron chi connectivity index (χ2n) is 4.61. The molecule has 3 rings (SSSR count). The van der Waals surface area contributed by atoms with Gasteiger partial charge in [0.05, 0.1) is 6.54 Å². The van der Waals surface area contributed by atoms with E-state index in [0.29, 0.717) is 24.4 Å². The van der Waals surface area contributed by atoms with Crippen LogP contribution in [0, 0.1) is 5.82 Å². The number of rotatable bonds is 5. The average Bonchev–Trinajstić information content (AvgIpc) is 3.19. The van der Waals surface area contributed by atoms with Crippen LogP contribution < -0.4 is 5.32 Å². The summed E-state index contributed by atoms with van der Waals surface area (Å²) in [5, 5.41) is 10.5. The minimum absolute atomic E-state index is 0.180. The second kappa shape index (κ2) is 6.21. The highest BCUT2D eigenvalue weighted by atomic mass is 19.1. The van der Waals surface area contributed by atoms with E-state index in [1.807, 2.05) is 12.3 Å². The summed E-state index contributed by atoms with van der Waals surface area (Å²) in [6, 6.07) is 9.11. The van der Waals surface area contributed by atoms with Gasteiger partial charge in [-0.2, -0.15) is 5.10 Å². The standard InChI is InChI=1S/C15H13FN4O2/c16-12-4-2-11(3-5-12)14-10-13(19-22-14)15(21)17-7-9-20-8-1-6-18-20/h1-6,8,10H,7,9H2,(H,17,21). The molecule has 2 heterocycles. The highest BCUT2D eigenvalue weighted by Gasteiger charge is 2.13. The number of aromatic nitrogens is 3. The molecule has 0 atom stereocenters. The van der Waals surface area contributed by atoms with Gasteiger partial charge in [0, 0.05) is 30.6 Å². The number of hydrogen-bond donors (Lipinski definition) is 1. The Morgan fingerprint density at radius 2 is 2.14 bits per heavy atom. The van der Waals surface area contributed by atoms with E-state index in [-0.39, 0.29) is 17.4 Å². The Kier molecular flexibility index (Phi) is 3.95. The number of nitrogens with one attached hydrogen (secondary N) is 1. The van der Waals surface area contributed by atoms with Crippen molar-refractivity contribution in [3.63, 3.8) is 0 Å². The number of carbonyl (C=O) groups excluding carboxylic acids is 1. The van der Waals surface area contributed by atoms with E-state index in [0.717, 1.165) is 0 Å². The number of benzene rings is 1. The van der Waals surface area contributed by atoms with E-state index in [1.165, 1.54) is 18.2 Å². The van der Waals surface area contributed by atoms with Crippen molar-refractivity contribution < 1.29 is 13.7 Å². The van der Waals surface area contributed by atoms with Crippen molar-refractivity contribution in [3.05, 3.63) is 60.3 Å². The van der Waals surface area contributed by atoms with Crippen LogP contribution in [0.2, 0.25) is 0 Å². The van der Waals surface area contributed by atoms with Crippen molar-refractivity contribution in [2.75, 3.05) is 6.54 Å². The molecule has 112 valence electrons. The van der Waals surface area contributed by atoms with Gasteiger partial charge in [-0.15, -0.1) is 0 Å². The maximum absolute atomic E-state index is 12.9. The average molecular weight is 300 g/mol. The molecule has 0 unspecified atom stereocenters. The summed E-state index contributed by atoms with van der Waals surface area (Å²) in [6.45, 7) is 1.00. The topological polar surface area (TPSA) is 73.0 Å². The maximum Gasteiger partial charge on any atom is 0.273 e. The lowest BCUT2D eigenvalue weighted by Crippen LogP contribution is -2.27. The lowest BCUT2D eigenvalue weighted by molar-refractivity contribution is 0.0943. The zero-order valence-corrected chi connectivity index (χ0v) is 11.6. The molecule has 7 heteroatoms. The van der Waals surface area contributed by atoms with Gasteiger partial charge >= 0.3 is 0 Å². The van der Waals surface area contributed by atoms with Crippen molar-refractivity contribution in [2.24, 2.45) is 0 Å². The Bertz CT molecular complexity index is 750. The summed E-state index contributed by atoms with van der Waals surface area (Å²) in [4.78, 5) is 11.9. The van der Waals surface area contributed by atoms with Crippen molar-refractivity contribution in [3.8, 4) is 11.3 Å². The number of hydrogen-bond acceptors (Lipinski definition) is 4. The maximum atomic E-state index is 12.9. The van der Waals surface area contributed by atoms with E-state index >= 15 is 0 Å². The first-order valence-corrected chi connectivity index (χ1v) is 6.70. The van der Waals surface area contributed by atoms with Crippen LogP contribution in [0.25, 0.3) is 11.3 Å². The van der Waals surface area contributed by atoms with Crippen LogP contribution in [0.4, 0.5) is 4.39 Å². The molecule has 0 aliphatic rings. The first-order chi connectivity index (χ1) is 10.7. The summed E-state index contributed by atoms with van der Waals surface area (Å²) in [7, 11) is 0. The molecule has 1 aromatic carbocycles. The predicted octanol–water partition coefficient (Wildman–Crippen LogP) is 2.11. The molecule has 0 spiro atoms. The van der Waals surface area contributed by atoms with E-state index in [2.05, 4.69) is 15.6 Å². The van der Waals surface area contributed by atoms with Gasteiger partial charge in [0.15, 0.2) is 11.5 Å². The lowest BCUT2D eigenvalue weighted by atomic mass is 10.1. The second-order valence-corrected chi connectivity index (χ2v) is 4.61. The van der Waals surface area contributed by atoms with E-state index in [4.69, 9.17) is 4.52 Å². The van der Waals surface area contributed by atoms with Gasteiger partial charge in [0.25, 0.3) is 5.91 Å². The molecule has 0 radical (unpaired) electrons. The molecule has 0 saturated carbocycles. The normalized spacial score (nSPS) is 10.6. The van der Waals surface area contributed by atoms with Gasteiger partial charge in [0.1, 0.15) is 5.82 Å². The molecule has 1 N–H and O–H groups in total. The van der Waals surface area contributed by atoms with Crippen LogP contribution in [0.1, 0.15) is 10.5 Å². The fourth-order valence-electron chi connectivity index (χ4n) is 1.94. The quantitative estimate of drug-likeness (QED) is 0.783. The van der Waals surface area contributed by atoms with Gasteiger partial charge in [-0.25, -0.2) is 4.39 Å². The minimum Gasteiger partial charge on any atom is -0.355 e. The van der Waals surface area contributed by atoms with E-state index < -0.39 is 0 Å². The number of halogens is 1. The highest BCUT2D eigenvalue weighted by Crippen LogP contribution is 2.20. The summed E-state index contributed by atoms with van der Waals surface area (Å²) in [5.41, 5.74) is 0.837. The minimum atomic E-state index is -0.333. The van der Waals surface area contributed by atoms with Gasteiger partial charge < -0.3 is 9.84 Å². The number of carbonyl (C=O) groups is 1. The SMILES string of the molecule is O=C(NCCn1cccn1)c1cc(-c2ccc(F)cc2)on1. The van der Waals surface area contributed by atoms with Crippen LogP contribution in [0.3, 0.4) is 0 Å². The number of nitrogens with zero attached hydrogens (tertiary/aromatic N) is 3. The molecule has 3 aromatic rings. The Hall–Kier alpha value is -2.96. The van der Waals surface area contributed by atoms with Crippen LogP contribution in [0.15, 0.2) is 53.3 Å². The van der Waals surface area contributed by atoms with E-state index in [9.17, 15) is 9.18 Å². The van der Waals surface area contributed by atoms with Crippen LogP contribution in [0.5, 0.6) is 0 Å². The van der Waals surface area contributed by atoms with Crippen LogP contribution in [-0.2, 0) is 6.54 Å². The first kappa shape index (κ1) is 14.0. The first-order valence-electron chi connectivity index (χ1n) is 6.70. The molecule has 6 nitrogen and oxygen atoms in total. The Labute approximate surface area is 125 Å². The third-order valence-corrected chi connectivity index (χ3v) is 3.06. The molecule has 0 bridgehead atoms. The predicted molar refractivity (Wildman–Crippen MR) is 76.5 cm³/mol. The van der Waals surface area contributed by atoms with E-state index in [1.54, 1.807) is 23.0 Å². The molecular formula is C15H13FN4O2. The third-order valence-electron chi connectivity index (χ3n) is 3.06. The molecule has 0 saturated heterocycles.